The van der Waals surface area contributed by atoms with Crippen LogP contribution in [0.2, 0.25) is 0 Å². The second kappa shape index (κ2) is 7.05. The number of aliphatic hydroxyl groups is 1. The summed E-state index contributed by atoms with van der Waals surface area (Å²) in [6.07, 6.45) is 0. The van der Waals surface area contributed by atoms with E-state index >= 15 is 0 Å². The molecule has 0 unspecified atom stereocenters. The fourth-order valence-electron chi connectivity index (χ4n) is 1.33. The van der Waals surface area contributed by atoms with Crippen LogP contribution >= 0.6 is 0 Å². The Morgan fingerprint density at radius 3 is 2.82 bits per heavy atom. The van der Waals surface area contributed by atoms with Crippen LogP contribution in [-0.4, -0.2) is 18.3 Å². The van der Waals surface area contributed by atoms with Gasteiger partial charge in [-0.15, -0.1) is 0 Å². The third-order valence-corrected chi connectivity index (χ3v) is 2.08. The van der Waals surface area contributed by atoms with Gasteiger partial charge in [0.1, 0.15) is 12.4 Å². The first-order chi connectivity index (χ1) is 8.13. The Kier molecular flexibility index (Phi) is 5.68. The van der Waals surface area contributed by atoms with E-state index in [4.69, 9.17) is 9.84 Å². The molecule has 2 nitrogen and oxygen atoms in total. The summed E-state index contributed by atoms with van der Waals surface area (Å²) in [5, 5.41) is 8.64. The minimum Gasteiger partial charge on any atom is -0.384 e. The maximum atomic E-state index is 13.1. The fraction of sp³-hybridized carbons (Fsp3) is 0.429. The van der Waals surface area contributed by atoms with E-state index in [1.54, 1.807) is 6.07 Å². The maximum absolute atomic E-state index is 13.1. The van der Waals surface area contributed by atoms with Gasteiger partial charge in [0, 0.05) is 12.2 Å². The normalized spacial score (nSPS) is 10.2. The SMILES string of the molecule is CC(C)COCc1ccc(F)cc1C#CCO. The minimum atomic E-state index is -0.333. The van der Waals surface area contributed by atoms with Gasteiger partial charge in [0.05, 0.1) is 6.61 Å². The molecule has 0 amide bonds. The third kappa shape index (κ3) is 4.99. The third-order valence-electron chi connectivity index (χ3n) is 2.08. The molecule has 1 rings (SSSR count). The number of hydrogen-bond donors (Lipinski definition) is 1. The van der Waals surface area contributed by atoms with E-state index in [1.165, 1.54) is 12.1 Å². The van der Waals surface area contributed by atoms with E-state index in [0.29, 0.717) is 24.7 Å². The van der Waals surface area contributed by atoms with Crippen molar-refractivity contribution < 1.29 is 14.2 Å². The zero-order chi connectivity index (χ0) is 12.7. The molecule has 0 aliphatic carbocycles. The molecule has 3 heteroatoms. The zero-order valence-corrected chi connectivity index (χ0v) is 10.2. The summed E-state index contributed by atoms with van der Waals surface area (Å²) in [5.41, 5.74) is 1.41. The van der Waals surface area contributed by atoms with E-state index < -0.39 is 0 Å². The summed E-state index contributed by atoms with van der Waals surface area (Å²) in [6.45, 7) is 4.97. The Morgan fingerprint density at radius 1 is 1.41 bits per heavy atom. The number of rotatable bonds is 4. The molecule has 92 valence electrons. The average Bonchev–Trinajstić information content (AvgIpc) is 2.28. The van der Waals surface area contributed by atoms with Crippen LogP contribution < -0.4 is 0 Å². The van der Waals surface area contributed by atoms with Gasteiger partial charge >= 0.3 is 0 Å². The lowest BCUT2D eigenvalue weighted by molar-refractivity contribution is 0.0969. The average molecular weight is 236 g/mol. The van der Waals surface area contributed by atoms with Crippen molar-refractivity contribution in [2.24, 2.45) is 5.92 Å². The highest BCUT2D eigenvalue weighted by atomic mass is 19.1. The van der Waals surface area contributed by atoms with Crippen LogP contribution in [0.5, 0.6) is 0 Å². The monoisotopic (exact) mass is 236 g/mol. The molecule has 0 aliphatic rings. The summed E-state index contributed by atoms with van der Waals surface area (Å²) in [4.78, 5) is 0. The Labute approximate surface area is 101 Å². The minimum absolute atomic E-state index is 0.233. The molecule has 0 spiro atoms. The van der Waals surface area contributed by atoms with E-state index in [0.717, 1.165) is 5.56 Å². The molecule has 0 bridgehead atoms. The molecule has 0 aromatic heterocycles. The smallest absolute Gasteiger partial charge is 0.124 e. The van der Waals surface area contributed by atoms with Crippen molar-refractivity contribution in [3.05, 3.63) is 35.1 Å². The number of aliphatic hydroxyl groups excluding tert-OH is 1. The van der Waals surface area contributed by atoms with E-state index in [-0.39, 0.29) is 12.4 Å². The number of ether oxygens (including phenoxy) is 1. The van der Waals surface area contributed by atoms with Gasteiger partial charge in [-0.05, 0) is 23.6 Å². The van der Waals surface area contributed by atoms with Gasteiger partial charge in [0.2, 0.25) is 0 Å². The molecular formula is C14H17FO2. The van der Waals surface area contributed by atoms with Crippen LogP contribution in [0.15, 0.2) is 18.2 Å². The van der Waals surface area contributed by atoms with Crippen LogP contribution in [0.1, 0.15) is 25.0 Å². The van der Waals surface area contributed by atoms with Crippen molar-refractivity contribution >= 4 is 0 Å². The Morgan fingerprint density at radius 2 is 2.18 bits per heavy atom. The molecule has 1 N–H and O–H groups in total. The van der Waals surface area contributed by atoms with Crippen molar-refractivity contribution in [1.29, 1.82) is 0 Å². The highest BCUT2D eigenvalue weighted by molar-refractivity contribution is 5.41. The molecule has 0 saturated heterocycles. The predicted octanol–water partition coefficient (Wildman–Crippen LogP) is 2.34. The first kappa shape index (κ1) is 13.7. The summed E-state index contributed by atoms with van der Waals surface area (Å²) < 4.78 is 18.5. The van der Waals surface area contributed by atoms with Gasteiger partial charge in [0.25, 0.3) is 0 Å². The summed E-state index contributed by atoms with van der Waals surface area (Å²) in [7, 11) is 0. The summed E-state index contributed by atoms with van der Waals surface area (Å²) in [6, 6.07) is 4.41. The molecule has 1 aromatic carbocycles. The first-order valence-corrected chi connectivity index (χ1v) is 5.59. The number of halogens is 1. The van der Waals surface area contributed by atoms with Crippen LogP contribution in [0.25, 0.3) is 0 Å². The number of hydrogen-bond acceptors (Lipinski definition) is 2. The standard InChI is InChI=1S/C14H17FO2/c1-11(2)9-17-10-13-5-6-14(15)8-12(13)4-3-7-16/h5-6,8,11,16H,7,9-10H2,1-2H3. The maximum Gasteiger partial charge on any atom is 0.124 e. The van der Waals surface area contributed by atoms with Crippen LogP contribution in [0.3, 0.4) is 0 Å². The molecule has 0 heterocycles. The van der Waals surface area contributed by atoms with Crippen molar-refractivity contribution in [1.82, 2.24) is 0 Å². The predicted molar refractivity (Wildman–Crippen MR) is 64.9 cm³/mol. The Hall–Kier alpha value is -1.37. The van der Waals surface area contributed by atoms with E-state index in [2.05, 4.69) is 25.7 Å². The molecule has 0 radical (unpaired) electrons. The van der Waals surface area contributed by atoms with Crippen LogP contribution in [-0.2, 0) is 11.3 Å². The van der Waals surface area contributed by atoms with Crippen LogP contribution in [0.4, 0.5) is 4.39 Å². The lowest BCUT2D eigenvalue weighted by atomic mass is 10.1. The Bertz CT molecular complexity index is 416. The summed E-state index contributed by atoms with van der Waals surface area (Å²) in [5.74, 6) is 5.36. The van der Waals surface area contributed by atoms with E-state index in [1.807, 2.05) is 0 Å². The molecular weight excluding hydrogens is 219 g/mol. The van der Waals surface area contributed by atoms with Crippen molar-refractivity contribution in [2.75, 3.05) is 13.2 Å². The summed E-state index contributed by atoms with van der Waals surface area (Å²) >= 11 is 0. The number of benzene rings is 1. The highest BCUT2D eigenvalue weighted by Crippen LogP contribution is 2.12. The lowest BCUT2D eigenvalue weighted by Crippen LogP contribution is -2.03. The van der Waals surface area contributed by atoms with Gasteiger partial charge in [-0.3, -0.25) is 0 Å². The lowest BCUT2D eigenvalue weighted by Gasteiger charge is -2.08. The van der Waals surface area contributed by atoms with Gasteiger partial charge in [0.15, 0.2) is 0 Å². The van der Waals surface area contributed by atoms with Gasteiger partial charge in [-0.2, -0.15) is 0 Å². The molecule has 0 fully saturated rings. The zero-order valence-electron chi connectivity index (χ0n) is 10.2. The molecule has 0 atom stereocenters. The van der Waals surface area contributed by atoms with E-state index in [9.17, 15) is 4.39 Å². The topological polar surface area (TPSA) is 29.5 Å². The molecule has 1 aromatic rings. The molecule has 0 saturated carbocycles. The van der Waals surface area contributed by atoms with Gasteiger partial charge in [-0.1, -0.05) is 31.8 Å². The van der Waals surface area contributed by atoms with Crippen LogP contribution in [0, 0.1) is 23.6 Å². The van der Waals surface area contributed by atoms with Crippen molar-refractivity contribution in [3.8, 4) is 11.8 Å². The van der Waals surface area contributed by atoms with Crippen molar-refractivity contribution in [3.63, 3.8) is 0 Å². The van der Waals surface area contributed by atoms with Gasteiger partial charge in [-0.25, -0.2) is 4.39 Å². The quantitative estimate of drug-likeness (QED) is 0.813. The second-order valence-electron chi connectivity index (χ2n) is 4.17. The second-order valence-corrected chi connectivity index (χ2v) is 4.17. The van der Waals surface area contributed by atoms with Crippen molar-refractivity contribution in [2.45, 2.75) is 20.5 Å². The Balaban J connectivity index is 2.76. The van der Waals surface area contributed by atoms with Gasteiger partial charge < -0.3 is 9.84 Å². The fourth-order valence-corrected chi connectivity index (χ4v) is 1.33. The molecule has 0 aliphatic heterocycles. The first-order valence-electron chi connectivity index (χ1n) is 5.59. The largest absolute Gasteiger partial charge is 0.384 e. The molecule has 17 heavy (non-hydrogen) atoms. The highest BCUT2D eigenvalue weighted by Gasteiger charge is 2.03.